The van der Waals surface area contributed by atoms with Gasteiger partial charge in [-0.1, -0.05) is 0 Å². The lowest BCUT2D eigenvalue weighted by molar-refractivity contribution is 0.313. The third-order valence-electron chi connectivity index (χ3n) is 3.42. The van der Waals surface area contributed by atoms with Crippen LogP contribution in [-0.4, -0.2) is 50.0 Å². The second kappa shape index (κ2) is 7.24. The molecule has 0 unspecified atom stereocenters. The third-order valence-corrected chi connectivity index (χ3v) is 3.42. The molecule has 2 N–H and O–H groups in total. The number of benzene rings is 1. The zero-order valence-corrected chi connectivity index (χ0v) is 13.0. The minimum atomic E-state index is 0.0322. The van der Waals surface area contributed by atoms with Crippen molar-refractivity contribution in [1.82, 2.24) is 4.90 Å². The smallest absolute Gasteiger partial charge is 0.207 e. The van der Waals surface area contributed by atoms with Gasteiger partial charge in [0.2, 0.25) is 11.5 Å². The van der Waals surface area contributed by atoms with Gasteiger partial charge in [0, 0.05) is 11.1 Å². The molecule has 0 radical (unpaired) electrons. The van der Waals surface area contributed by atoms with Gasteiger partial charge in [0.15, 0.2) is 11.5 Å². The van der Waals surface area contributed by atoms with E-state index >= 15 is 0 Å². The number of rotatable bonds is 7. The molecule has 5 nitrogen and oxygen atoms in total. The lowest BCUT2D eigenvalue weighted by Crippen LogP contribution is -2.13. The van der Waals surface area contributed by atoms with E-state index < -0.39 is 0 Å². The molecule has 5 heteroatoms. The lowest BCUT2D eigenvalue weighted by Gasteiger charge is -2.18. The van der Waals surface area contributed by atoms with Crippen molar-refractivity contribution in [2.75, 3.05) is 34.9 Å². The van der Waals surface area contributed by atoms with Crippen molar-refractivity contribution < 1.29 is 19.7 Å². The van der Waals surface area contributed by atoms with E-state index in [0.717, 1.165) is 24.9 Å². The summed E-state index contributed by atoms with van der Waals surface area (Å²) in [5, 5.41) is 20.4. The molecule has 0 spiro atoms. The van der Waals surface area contributed by atoms with E-state index in [-0.39, 0.29) is 23.0 Å². The SMILES string of the molecule is COc1c(O)c(C)c(CCCCN(C)C)c(O)c1OC. The molecule has 0 atom stereocenters. The van der Waals surface area contributed by atoms with Crippen molar-refractivity contribution >= 4 is 0 Å². The Morgan fingerprint density at radius 3 is 2.00 bits per heavy atom. The van der Waals surface area contributed by atoms with Crippen LogP contribution in [-0.2, 0) is 6.42 Å². The fourth-order valence-corrected chi connectivity index (χ4v) is 2.26. The van der Waals surface area contributed by atoms with Gasteiger partial charge in [-0.2, -0.15) is 0 Å². The summed E-state index contributed by atoms with van der Waals surface area (Å²) < 4.78 is 10.2. The Bertz CT molecular complexity index is 458. The number of ether oxygens (including phenoxy) is 2. The maximum Gasteiger partial charge on any atom is 0.207 e. The Kier molecular flexibility index (Phi) is 5.95. The van der Waals surface area contributed by atoms with Crippen LogP contribution >= 0.6 is 0 Å². The van der Waals surface area contributed by atoms with E-state index in [4.69, 9.17) is 9.47 Å². The van der Waals surface area contributed by atoms with Crippen molar-refractivity contribution in [3.8, 4) is 23.0 Å². The van der Waals surface area contributed by atoms with Crippen LogP contribution < -0.4 is 9.47 Å². The largest absolute Gasteiger partial charge is 0.504 e. The van der Waals surface area contributed by atoms with E-state index in [9.17, 15) is 10.2 Å². The summed E-state index contributed by atoms with van der Waals surface area (Å²) in [7, 11) is 6.95. The molecular formula is C15H25NO4. The minimum Gasteiger partial charge on any atom is -0.504 e. The summed E-state index contributed by atoms with van der Waals surface area (Å²) in [5.41, 5.74) is 1.36. The quantitative estimate of drug-likeness (QED) is 0.594. The zero-order valence-electron chi connectivity index (χ0n) is 13.0. The van der Waals surface area contributed by atoms with Gasteiger partial charge in [0.05, 0.1) is 14.2 Å². The molecule has 0 saturated carbocycles. The molecule has 1 aromatic rings. The highest BCUT2D eigenvalue weighted by Crippen LogP contribution is 2.48. The average molecular weight is 283 g/mol. The van der Waals surface area contributed by atoms with E-state index in [1.165, 1.54) is 14.2 Å². The Balaban J connectivity index is 2.99. The third kappa shape index (κ3) is 3.48. The number of methoxy groups -OCH3 is 2. The number of unbranched alkanes of at least 4 members (excludes halogenated alkanes) is 1. The van der Waals surface area contributed by atoms with E-state index in [1.807, 2.05) is 14.1 Å². The van der Waals surface area contributed by atoms with Crippen LogP contribution in [0.2, 0.25) is 0 Å². The van der Waals surface area contributed by atoms with E-state index in [1.54, 1.807) is 6.92 Å². The first-order valence-corrected chi connectivity index (χ1v) is 6.74. The van der Waals surface area contributed by atoms with Crippen LogP contribution in [0.1, 0.15) is 24.0 Å². The molecular weight excluding hydrogens is 258 g/mol. The van der Waals surface area contributed by atoms with Crippen molar-refractivity contribution in [1.29, 1.82) is 0 Å². The lowest BCUT2D eigenvalue weighted by atomic mass is 9.99. The van der Waals surface area contributed by atoms with Crippen LogP contribution in [0.4, 0.5) is 0 Å². The molecule has 20 heavy (non-hydrogen) atoms. The second-order valence-electron chi connectivity index (χ2n) is 5.13. The highest BCUT2D eigenvalue weighted by molar-refractivity contribution is 5.65. The maximum atomic E-state index is 10.3. The number of aromatic hydroxyl groups is 2. The highest BCUT2D eigenvalue weighted by atomic mass is 16.5. The maximum absolute atomic E-state index is 10.3. The predicted molar refractivity (Wildman–Crippen MR) is 79.1 cm³/mol. The van der Waals surface area contributed by atoms with Crippen LogP contribution in [0.5, 0.6) is 23.0 Å². The first-order chi connectivity index (χ1) is 9.43. The summed E-state index contributed by atoms with van der Waals surface area (Å²) >= 11 is 0. The van der Waals surface area contributed by atoms with Gasteiger partial charge < -0.3 is 24.6 Å². The zero-order chi connectivity index (χ0) is 15.3. The number of phenolic OH excluding ortho intramolecular Hbond substituents is 2. The number of phenols is 2. The number of hydrogen-bond donors (Lipinski definition) is 2. The average Bonchev–Trinajstić information content (AvgIpc) is 2.41. The topological polar surface area (TPSA) is 62.2 Å². The summed E-state index contributed by atoms with van der Waals surface area (Å²) in [4.78, 5) is 2.12. The Morgan fingerprint density at radius 1 is 0.950 bits per heavy atom. The number of nitrogens with zero attached hydrogens (tertiary/aromatic N) is 1. The van der Waals surface area contributed by atoms with Crippen LogP contribution in [0, 0.1) is 6.92 Å². The standard InChI is InChI=1S/C15H25NO4/c1-10-11(8-6-7-9-16(2)3)13(18)15(20-5)14(19-4)12(10)17/h17-18H,6-9H2,1-5H3. The Hall–Kier alpha value is -1.62. The Labute approximate surface area is 120 Å². The predicted octanol–water partition coefficient (Wildman–Crippen LogP) is 2.31. The fraction of sp³-hybridized carbons (Fsp3) is 0.600. The monoisotopic (exact) mass is 283 g/mol. The molecule has 0 aliphatic carbocycles. The molecule has 0 amide bonds. The molecule has 0 bridgehead atoms. The van der Waals surface area contributed by atoms with Crippen molar-refractivity contribution in [3.63, 3.8) is 0 Å². The summed E-state index contributed by atoms with van der Waals surface area (Å²) in [6, 6.07) is 0. The van der Waals surface area contributed by atoms with Gasteiger partial charge in [-0.15, -0.1) is 0 Å². The summed E-state index contributed by atoms with van der Waals surface area (Å²) in [6.45, 7) is 2.78. The molecule has 114 valence electrons. The molecule has 0 heterocycles. The molecule has 0 aromatic heterocycles. The van der Waals surface area contributed by atoms with Gasteiger partial charge in [0.1, 0.15) is 0 Å². The number of hydrogen-bond acceptors (Lipinski definition) is 5. The van der Waals surface area contributed by atoms with Gasteiger partial charge in [-0.3, -0.25) is 0 Å². The minimum absolute atomic E-state index is 0.0322. The van der Waals surface area contributed by atoms with E-state index in [0.29, 0.717) is 12.0 Å². The van der Waals surface area contributed by atoms with E-state index in [2.05, 4.69) is 4.90 Å². The van der Waals surface area contributed by atoms with Crippen LogP contribution in [0.25, 0.3) is 0 Å². The van der Waals surface area contributed by atoms with Crippen molar-refractivity contribution in [2.45, 2.75) is 26.2 Å². The molecule has 0 fully saturated rings. The normalized spacial score (nSPS) is 10.9. The first kappa shape index (κ1) is 16.4. The second-order valence-corrected chi connectivity index (χ2v) is 5.13. The Morgan fingerprint density at radius 2 is 1.50 bits per heavy atom. The molecule has 0 aliphatic heterocycles. The molecule has 1 rings (SSSR count). The van der Waals surface area contributed by atoms with Crippen LogP contribution in [0.3, 0.4) is 0 Å². The van der Waals surface area contributed by atoms with Gasteiger partial charge in [0.25, 0.3) is 0 Å². The van der Waals surface area contributed by atoms with Gasteiger partial charge >= 0.3 is 0 Å². The molecule has 0 saturated heterocycles. The van der Waals surface area contributed by atoms with Crippen molar-refractivity contribution in [2.24, 2.45) is 0 Å². The first-order valence-electron chi connectivity index (χ1n) is 6.74. The van der Waals surface area contributed by atoms with Crippen molar-refractivity contribution in [3.05, 3.63) is 11.1 Å². The van der Waals surface area contributed by atoms with Crippen LogP contribution in [0.15, 0.2) is 0 Å². The highest BCUT2D eigenvalue weighted by Gasteiger charge is 2.22. The van der Waals surface area contributed by atoms with Gasteiger partial charge in [-0.05, 0) is 46.8 Å². The van der Waals surface area contributed by atoms with Gasteiger partial charge in [-0.25, -0.2) is 0 Å². The summed E-state index contributed by atoms with van der Waals surface area (Å²) in [5.74, 6) is 0.465. The molecule has 1 aromatic carbocycles. The summed E-state index contributed by atoms with van der Waals surface area (Å²) in [6.07, 6.45) is 2.65. The fourth-order valence-electron chi connectivity index (χ4n) is 2.26. The molecule has 0 aliphatic rings.